The van der Waals surface area contributed by atoms with Gasteiger partial charge in [-0.2, -0.15) is 0 Å². The van der Waals surface area contributed by atoms with Crippen LogP contribution in [0.5, 0.6) is 0 Å². The number of nitrogens with zero attached hydrogens (tertiary/aromatic N) is 1. The van der Waals surface area contributed by atoms with Crippen LogP contribution in [-0.2, 0) is 4.74 Å². The molecule has 1 rings (SSSR count). The molecular formula is C16H34N2O. The van der Waals surface area contributed by atoms with Gasteiger partial charge in [-0.05, 0) is 52.5 Å². The van der Waals surface area contributed by atoms with E-state index in [9.17, 15) is 0 Å². The van der Waals surface area contributed by atoms with Crippen LogP contribution in [0.25, 0.3) is 0 Å². The SMILES string of the molecule is CCC(C)(CNC(C)(C)C)CN(C)C1CCOCC1. The monoisotopic (exact) mass is 270 g/mol. The van der Waals surface area contributed by atoms with E-state index in [1.165, 1.54) is 19.3 Å². The summed E-state index contributed by atoms with van der Waals surface area (Å²) in [5.41, 5.74) is 0.550. The minimum absolute atomic E-state index is 0.202. The fraction of sp³-hybridized carbons (Fsp3) is 1.00. The normalized spacial score (nSPS) is 21.6. The van der Waals surface area contributed by atoms with E-state index >= 15 is 0 Å². The Morgan fingerprint density at radius 2 is 1.74 bits per heavy atom. The molecule has 1 N–H and O–H groups in total. The Hall–Kier alpha value is -0.120. The first-order valence-electron chi connectivity index (χ1n) is 7.79. The van der Waals surface area contributed by atoms with Gasteiger partial charge in [-0.15, -0.1) is 0 Å². The standard InChI is InChI=1S/C16H34N2O/c1-7-16(5,12-17-15(2,3)4)13-18(6)14-8-10-19-11-9-14/h14,17H,7-13H2,1-6H3. The van der Waals surface area contributed by atoms with Crippen molar-refractivity contribution in [3.05, 3.63) is 0 Å². The maximum absolute atomic E-state index is 5.46. The lowest BCUT2D eigenvalue weighted by Crippen LogP contribution is -2.49. The van der Waals surface area contributed by atoms with Crippen LogP contribution in [-0.4, -0.2) is 49.8 Å². The van der Waals surface area contributed by atoms with Crippen LogP contribution in [0.2, 0.25) is 0 Å². The minimum Gasteiger partial charge on any atom is -0.381 e. The van der Waals surface area contributed by atoms with Gasteiger partial charge in [-0.25, -0.2) is 0 Å². The molecule has 1 atom stereocenters. The summed E-state index contributed by atoms with van der Waals surface area (Å²) in [6.45, 7) is 15.5. The molecule has 1 unspecified atom stereocenters. The molecule has 3 nitrogen and oxygen atoms in total. The maximum atomic E-state index is 5.46. The maximum Gasteiger partial charge on any atom is 0.0480 e. The van der Waals surface area contributed by atoms with Crippen LogP contribution in [0, 0.1) is 5.41 Å². The second-order valence-electron chi connectivity index (χ2n) is 7.53. The fourth-order valence-corrected chi connectivity index (χ4v) is 2.63. The van der Waals surface area contributed by atoms with Crippen molar-refractivity contribution in [2.45, 2.75) is 65.5 Å². The molecule has 0 bridgehead atoms. The van der Waals surface area contributed by atoms with E-state index in [0.29, 0.717) is 11.5 Å². The van der Waals surface area contributed by atoms with E-state index in [0.717, 1.165) is 26.3 Å². The number of hydrogen-bond acceptors (Lipinski definition) is 3. The Bertz CT molecular complexity index is 256. The molecule has 1 saturated heterocycles. The summed E-state index contributed by atoms with van der Waals surface area (Å²) < 4.78 is 5.46. The first kappa shape index (κ1) is 16.9. The van der Waals surface area contributed by atoms with Gasteiger partial charge in [-0.3, -0.25) is 0 Å². The molecule has 0 aliphatic carbocycles. The summed E-state index contributed by atoms with van der Waals surface area (Å²) in [5.74, 6) is 0. The third kappa shape index (κ3) is 6.24. The minimum atomic E-state index is 0.202. The summed E-state index contributed by atoms with van der Waals surface area (Å²) >= 11 is 0. The number of rotatable bonds is 6. The van der Waals surface area contributed by atoms with Crippen LogP contribution in [0.4, 0.5) is 0 Å². The third-order valence-corrected chi connectivity index (χ3v) is 4.34. The quantitative estimate of drug-likeness (QED) is 0.803. The molecule has 1 aliphatic heterocycles. The Balaban J connectivity index is 2.48. The molecule has 0 aromatic carbocycles. The van der Waals surface area contributed by atoms with Crippen molar-refractivity contribution in [3.8, 4) is 0 Å². The summed E-state index contributed by atoms with van der Waals surface area (Å²) in [6.07, 6.45) is 3.58. The van der Waals surface area contributed by atoms with Gasteiger partial charge in [-0.1, -0.05) is 13.8 Å². The lowest BCUT2D eigenvalue weighted by Gasteiger charge is -2.40. The molecule has 0 radical (unpaired) electrons. The molecule has 0 amide bonds. The molecule has 1 fully saturated rings. The molecule has 3 heteroatoms. The lowest BCUT2D eigenvalue weighted by molar-refractivity contribution is 0.0279. The van der Waals surface area contributed by atoms with Gasteiger partial charge in [0.05, 0.1) is 0 Å². The van der Waals surface area contributed by atoms with E-state index in [4.69, 9.17) is 4.74 Å². The molecular weight excluding hydrogens is 236 g/mol. The average Bonchev–Trinajstić information content (AvgIpc) is 2.37. The highest BCUT2D eigenvalue weighted by Crippen LogP contribution is 2.25. The second kappa shape index (κ2) is 7.05. The molecule has 0 saturated carbocycles. The third-order valence-electron chi connectivity index (χ3n) is 4.34. The zero-order valence-electron chi connectivity index (χ0n) is 13.9. The van der Waals surface area contributed by atoms with Gasteiger partial charge >= 0.3 is 0 Å². The Morgan fingerprint density at radius 3 is 2.21 bits per heavy atom. The van der Waals surface area contributed by atoms with E-state index in [1.54, 1.807) is 0 Å². The largest absolute Gasteiger partial charge is 0.381 e. The van der Waals surface area contributed by atoms with Gasteiger partial charge in [0.2, 0.25) is 0 Å². The highest BCUT2D eigenvalue weighted by atomic mass is 16.5. The molecule has 0 aromatic heterocycles. The summed E-state index contributed by atoms with van der Waals surface area (Å²) in [6, 6.07) is 0.703. The van der Waals surface area contributed by atoms with Gasteiger partial charge in [0.25, 0.3) is 0 Å². The van der Waals surface area contributed by atoms with E-state index in [1.807, 2.05) is 0 Å². The number of hydrogen-bond donors (Lipinski definition) is 1. The van der Waals surface area contributed by atoms with Gasteiger partial charge < -0.3 is 15.0 Å². The first-order valence-corrected chi connectivity index (χ1v) is 7.79. The van der Waals surface area contributed by atoms with Crippen LogP contribution in [0.3, 0.4) is 0 Å². The van der Waals surface area contributed by atoms with Crippen molar-refractivity contribution < 1.29 is 4.74 Å². The van der Waals surface area contributed by atoms with E-state index in [2.05, 4.69) is 51.9 Å². The Labute approximate surface area is 120 Å². The van der Waals surface area contributed by atoms with Crippen LogP contribution in [0.15, 0.2) is 0 Å². The van der Waals surface area contributed by atoms with Crippen molar-refractivity contribution in [2.24, 2.45) is 5.41 Å². The highest BCUT2D eigenvalue weighted by molar-refractivity contribution is 4.85. The smallest absolute Gasteiger partial charge is 0.0480 e. The second-order valence-corrected chi connectivity index (χ2v) is 7.53. The predicted octanol–water partition coefficient (Wildman–Crippen LogP) is 2.90. The van der Waals surface area contributed by atoms with Gasteiger partial charge in [0, 0.05) is 37.9 Å². The topological polar surface area (TPSA) is 24.5 Å². The number of nitrogens with one attached hydrogen (secondary N) is 1. The zero-order valence-corrected chi connectivity index (χ0v) is 13.9. The van der Waals surface area contributed by atoms with E-state index in [-0.39, 0.29) is 5.54 Å². The van der Waals surface area contributed by atoms with Gasteiger partial charge in [0.1, 0.15) is 0 Å². The molecule has 19 heavy (non-hydrogen) atoms. The fourth-order valence-electron chi connectivity index (χ4n) is 2.63. The Morgan fingerprint density at radius 1 is 1.16 bits per heavy atom. The molecule has 0 spiro atoms. The number of ether oxygens (including phenoxy) is 1. The van der Waals surface area contributed by atoms with Crippen LogP contribution >= 0.6 is 0 Å². The van der Waals surface area contributed by atoms with Crippen molar-refractivity contribution in [3.63, 3.8) is 0 Å². The Kier molecular flexibility index (Phi) is 6.28. The van der Waals surface area contributed by atoms with Crippen LogP contribution in [0.1, 0.15) is 53.9 Å². The first-order chi connectivity index (χ1) is 8.76. The van der Waals surface area contributed by atoms with Crippen molar-refractivity contribution >= 4 is 0 Å². The van der Waals surface area contributed by atoms with Crippen LogP contribution < -0.4 is 5.32 Å². The van der Waals surface area contributed by atoms with Crippen molar-refractivity contribution in [1.29, 1.82) is 0 Å². The zero-order chi connectivity index (χ0) is 14.5. The molecule has 1 aliphatic rings. The summed E-state index contributed by atoms with van der Waals surface area (Å²) in [7, 11) is 2.28. The van der Waals surface area contributed by atoms with E-state index < -0.39 is 0 Å². The van der Waals surface area contributed by atoms with Gasteiger partial charge in [0.15, 0.2) is 0 Å². The average molecular weight is 270 g/mol. The van der Waals surface area contributed by atoms with Crippen molar-refractivity contribution in [2.75, 3.05) is 33.4 Å². The summed E-state index contributed by atoms with van der Waals surface area (Å²) in [5, 5.41) is 3.67. The summed E-state index contributed by atoms with van der Waals surface area (Å²) in [4.78, 5) is 2.55. The molecule has 0 aromatic rings. The lowest BCUT2D eigenvalue weighted by atomic mass is 9.85. The predicted molar refractivity (Wildman–Crippen MR) is 82.6 cm³/mol. The van der Waals surface area contributed by atoms with Crippen molar-refractivity contribution in [1.82, 2.24) is 10.2 Å². The highest BCUT2D eigenvalue weighted by Gasteiger charge is 2.29. The molecule has 1 heterocycles. The molecule has 114 valence electrons.